The normalized spacial score (nSPS) is 11.6. The number of aromatic nitrogens is 6. The van der Waals surface area contributed by atoms with Crippen LogP contribution in [0.2, 0.25) is 0 Å². The van der Waals surface area contributed by atoms with Gasteiger partial charge in [-0.05, 0) is 51.7 Å². The Morgan fingerprint density at radius 2 is 1.18 bits per heavy atom. The second-order valence-corrected chi connectivity index (χ2v) is 9.86. The quantitative estimate of drug-likeness (QED) is 0.227. The maximum atomic E-state index is 4.97. The van der Waals surface area contributed by atoms with Gasteiger partial charge in [0.05, 0.1) is 5.69 Å². The van der Waals surface area contributed by atoms with Crippen molar-refractivity contribution in [3.8, 4) is 22.6 Å². The third-order valence-electron chi connectivity index (χ3n) is 7.42. The maximum Gasteiger partial charge on any atom is 0.184 e. The van der Waals surface area contributed by atoms with Crippen molar-refractivity contribution in [1.82, 2.24) is 29.6 Å². The number of pyridine rings is 1. The summed E-state index contributed by atoms with van der Waals surface area (Å²) in [6.45, 7) is 2.08. The van der Waals surface area contributed by atoms with Crippen LogP contribution in [0.3, 0.4) is 0 Å². The fraction of sp³-hybridized carbons (Fsp3) is 0.0588. The van der Waals surface area contributed by atoms with Crippen molar-refractivity contribution in [3.05, 3.63) is 162 Å². The lowest BCUT2D eigenvalue weighted by Gasteiger charge is -2.36. The highest BCUT2D eigenvalue weighted by Crippen LogP contribution is 2.43. The maximum absolute atomic E-state index is 4.97. The van der Waals surface area contributed by atoms with Gasteiger partial charge in [-0.15, -0.1) is 5.10 Å². The zero-order chi connectivity index (χ0) is 26.9. The lowest BCUT2D eigenvalue weighted by Crippen LogP contribution is -2.39. The number of nitrogens with zero attached hydrogens (tertiary/aromatic N) is 6. The van der Waals surface area contributed by atoms with Gasteiger partial charge >= 0.3 is 0 Å². The Labute approximate surface area is 232 Å². The van der Waals surface area contributed by atoms with Crippen molar-refractivity contribution in [1.29, 1.82) is 0 Å². The van der Waals surface area contributed by atoms with E-state index in [1.54, 1.807) is 0 Å². The minimum Gasteiger partial charge on any atom is -0.306 e. The number of tetrazole rings is 1. The van der Waals surface area contributed by atoms with Crippen LogP contribution < -0.4 is 0 Å². The van der Waals surface area contributed by atoms with E-state index in [4.69, 9.17) is 10.2 Å². The van der Waals surface area contributed by atoms with Crippen LogP contribution in [0.1, 0.15) is 22.3 Å². The Hall–Kier alpha value is -5.36. The van der Waals surface area contributed by atoms with Crippen LogP contribution in [0.4, 0.5) is 0 Å². The molecule has 0 aliphatic rings. The van der Waals surface area contributed by atoms with Gasteiger partial charge in [-0.2, -0.15) is 0 Å². The number of fused-ring (bicyclic) bond motifs is 1. The largest absolute Gasteiger partial charge is 0.306 e. The second-order valence-electron chi connectivity index (χ2n) is 9.86. The number of rotatable bonds is 6. The van der Waals surface area contributed by atoms with Crippen LogP contribution in [-0.4, -0.2) is 29.6 Å². The van der Waals surface area contributed by atoms with E-state index in [9.17, 15) is 0 Å². The molecule has 0 bridgehead atoms. The van der Waals surface area contributed by atoms with Crippen molar-refractivity contribution in [2.45, 2.75) is 12.5 Å². The minimum atomic E-state index is -0.828. The molecular weight excluding hydrogens is 492 g/mol. The molecule has 0 atom stereocenters. The van der Waals surface area contributed by atoms with Gasteiger partial charge in [-0.1, -0.05) is 115 Å². The molecule has 4 aromatic carbocycles. The molecular formula is C34H26N6. The van der Waals surface area contributed by atoms with E-state index in [1.165, 1.54) is 5.56 Å². The van der Waals surface area contributed by atoms with Gasteiger partial charge in [0, 0.05) is 23.5 Å². The monoisotopic (exact) mass is 518 g/mol. The van der Waals surface area contributed by atoms with E-state index in [-0.39, 0.29) is 0 Å². The molecule has 6 heteroatoms. The summed E-state index contributed by atoms with van der Waals surface area (Å²) in [5.41, 5.74) is 7.14. The van der Waals surface area contributed by atoms with Crippen molar-refractivity contribution >= 4 is 5.65 Å². The van der Waals surface area contributed by atoms with Crippen LogP contribution in [0.25, 0.3) is 28.3 Å². The number of hydrogen-bond acceptors (Lipinski definition) is 4. The molecule has 0 spiro atoms. The molecule has 6 nitrogen and oxygen atoms in total. The van der Waals surface area contributed by atoms with E-state index in [0.717, 1.165) is 39.2 Å². The average molecular weight is 519 g/mol. The van der Waals surface area contributed by atoms with Gasteiger partial charge in [0.25, 0.3) is 0 Å². The molecule has 192 valence electrons. The first-order valence-electron chi connectivity index (χ1n) is 13.3. The topological polar surface area (TPSA) is 60.9 Å². The number of aryl methyl sites for hydroxylation is 1. The summed E-state index contributed by atoms with van der Waals surface area (Å²) in [4.78, 5) is 4.97. The molecule has 3 aromatic heterocycles. The average Bonchev–Trinajstić information content (AvgIpc) is 3.67. The first-order chi connectivity index (χ1) is 19.7. The zero-order valence-electron chi connectivity index (χ0n) is 22.0. The molecule has 0 aliphatic heterocycles. The van der Waals surface area contributed by atoms with Gasteiger partial charge in [-0.3, -0.25) is 0 Å². The van der Waals surface area contributed by atoms with Crippen molar-refractivity contribution in [2.24, 2.45) is 0 Å². The summed E-state index contributed by atoms with van der Waals surface area (Å²) in [5.74, 6) is 0.653. The summed E-state index contributed by atoms with van der Waals surface area (Å²) < 4.78 is 4.01. The molecule has 40 heavy (non-hydrogen) atoms. The molecule has 0 saturated heterocycles. The van der Waals surface area contributed by atoms with Gasteiger partial charge in [0.2, 0.25) is 0 Å². The molecule has 0 aliphatic carbocycles. The van der Waals surface area contributed by atoms with Gasteiger partial charge in [0.15, 0.2) is 5.82 Å². The first kappa shape index (κ1) is 23.7. The fourth-order valence-corrected chi connectivity index (χ4v) is 5.60. The molecule has 0 radical (unpaired) electrons. The standard InChI is InChI=1S/C34H26N6/c1-25-21-22-39-24-31(35-32(39)23-25)29-19-11-12-20-30(29)33-36-37-38-40(33)34(26-13-5-2-6-14-26,27-15-7-3-8-16-27)28-17-9-4-10-18-28/h2-24H,1H3. The smallest absolute Gasteiger partial charge is 0.184 e. The highest BCUT2D eigenvalue weighted by molar-refractivity contribution is 5.80. The van der Waals surface area contributed by atoms with Gasteiger partial charge < -0.3 is 4.40 Å². The van der Waals surface area contributed by atoms with E-state index in [2.05, 4.69) is 120 Å². The third-order valence-corrected chi connectivity index (χ3v) is 7.42. The van der Waals surface area contributed by atoms with Gasteiger partial charge in [0.1, 0.15) is 11.2 Å². The molecule has 0 amide bonds. The number of benzene rings is 4. The van der Waals surface area contributed by atoms with Crippen LogP contribution >= 0.6 is 0 Å². The highest BCUT2D eigenvalue weighted by atomic mass is 15.6. The molecule has 0 unspecified atom stereocenters. The van der Waals surface area contributed by atoms with E-state index in [1.807, 2.05) is 45.6 Å². The Kier molecular flexibility index (Phi) is 5.78. The van der Waals surface area contributed by atoms with E-state index >= 15 is 0 Å². The first-order valence-corrected chi connectivity index (χ1v) is 13.3. The molecule has 7 rings (SSSR count). The number of imidazole rings is 1. The van der Waals surface area contributed by atoms with Crippen molar-refractivity contribution in [3.63, 3.8) is 0 Å². The highest BCUT2D eigenvalue weighted by Gasteiger charge is 2.42. The predicted molar refractivity (Wildman–Crippen MR) is 157 cm³/mol. The van der Waals surface area contributed by atoms with Crippen LogP contribution in [0.5, 0.6) is 0 Å². The fourth-order valence-electron chi connectivity index (χ4n) is 5.60. The Morgan fingerprint density at radius 1 is 0.625 bits per heavy atom. The summed E-state index contributed by atoms with van der Waals surface area (Å²) in [7, 11) is 0. The lowest BCUT2D eigenvalue weighted by atomic mass is 9.77. The van der Waals surface area contributed by atoms with E-state index in [0.29, 0.717) is 5.82 Å². The summed E-state index contributed by atoms with van der Waals surface area (Å²) in [6, 6.07) is 43.7. The predicted octanol–water partition coefficient (Wildman–Crippen LogP) is 6.80. The molecule has 0 N–H and O–H groups in total. The summed E-state index contributed by atoms with van der Waals surface area (Å²) in [5, 5.41) is 13.6. The van der Waals surface area contributed by atoms with Crippen LogP contribution in [0.15, 0.2) is 140 Å². The minimum absolute atomic E-state index is 0.653. The second kappa shape index (κ2) is 9.75. The Bertz CT molecular complexity index is 1810. The summed E-state index contributed by atoms with van der Waals surface area (Å²) in [6.07, 6.45) is 4.10. The Morgan fingerprint density at radius 3 is 1.77 bits per heavy atom. The van der Waals surface area contributed by atoms with Crippen LogP contribution in [-0.2, 0) is 5.54 Å². The molecule has 0 fully saturated rings. The van der Waals surface area contributed by atoms with Crippen molar-refractivity contribution < 1.29 is 0 Å². The number of hydrogen-bond donors (Lipinski definition) is 0. The molecule has 0 saturated carbocycles. The van der Waals surface area contributed by atoms with E-state index < -0.39 is 5.54 Å². The molecule has 3 heterocycles. The van der Waals surface area contributed by atoms with Crippen molar-refractivity contribution in [2.75, 3.05) is 0 Å². The Balaban J connectivity index is 1.53. The molecule has 7 aromatic rings. The zero-order valence-corrected chi connectivity index (χ0v) is 22.0. The SMILES string of the molecule is Cc1ccn2cc(-c3ccccc3-c3nnnn3C(c3ccccc3)(c3ccccc3)c3ccccc3)nc2c1. The third kappa shape index (κ3) is 3.81. The van der Waals surface area contributed by atoms with Crippen LogP contribution in [0, 0.1) is 6.92 Å². The summed E-state index contributed by atoms with van der Waals surface area (Å²) >= 11 is 0. The van der Waals surface area contributed by atoms with Gasteiger partial charge in [-0.25, -0.2) is 9.67 Å². The lowest BCUT2D eigenvalue weighted by molar-refractivity contribution is 0.451.